The molecule has 0 radical (unpaired) electrons. The number of hydrazone groups is 1. The van der Waals surface area contributed by atoms with Gasteiger partial charge in [0.05, 0.1) is 17.2 Å². The fourth-order valence-electron chi connectivity index (χ4n) is 3.22. The number of hydrogen-bond acceptors (Lipinski definition) is 9. The van der Waals surface area contributed by atoms with Crippen molar-refractivity contribution in [2.24, 2.45) is 11.0 Å². The second-order valence-electron chi connectivity index (χ2n) is 7.28. The molecule has 5 amide bonds. The molecule has 3 rings (SSSR count). The Morgan fingerprint density at radius 1 is 1.09 bits per heavy atom. The van der Waals surface area contributed by atoms with Gasteiger partial charge in [-0.25, -0.2) is 9.59 Å². The predicted octanol–water partition coefficient (Wildman–Crippen LogP) is 0.348. The topological polar surface area (TPSA) is 171 Å². The maximum atomic E-state index is 13.0. The van der Waals surface area contributed by atoms with E-state index in [0.717, 1.165) is 33.0 Å². The van der Waals surface area contributed by atoms with Crippen LogP contribution >= 0.6 is 0 Å². The van der Waals surface area contributed by atoms with Gasteiger partial charge in [0.15, 0.2) is 5.71 Å². The van der Waals surface area contributed by atoms with Crippen LogP contribution in [0.3, 0.4) is 0 Å². The zero-order valence-electron chi connectivity index (χ0n) is 18.7. The molecule has 1 unspecified atom stereocenters. The van der Waals surface area contributed by atoms with E-state index in [1.54, 1.807) is 6.92 Å². The van der Waals surface area contributed by atoms with Crippen LogP contribution in [0.1, 0.15) is 6.92 Å². The number of carbonyl (C=O) groups is 5. The lowest BCUT2D eigenvalue weighted by Crippen LogP contribution is -2.52. The first-order valence-electron chi connectivity index (χ1n) is 10.0. The van der Waals surface area contributed by atoms with Crippen molar-refractivity contribution in [3.63, 3.8) is 0 Å². The Morgan fingerprint density at radius 3 is 2.17 bits per heavy atom. The molecule has 0 aliphatic carbocycles. The van der Waals surface area contributed by atoms with Crippen molar-refractivity contribution in [1.29, 1.82) is 0 Å². The van der Waals surface area contributed by atoms with Crippen LogP contribution < -0.4 is 5.01 Å². The first-order valence-corrected chi connectivity index (χ1v) is 11.5. The molecule has 1 fully saturated rings. The third-order valence-electron chi connectivity index (χ3n) is 5.05. The highest BCUT2D eigenvalue weighted by molar-refractivity contribution is 7.85. The Balaban J connectivity index is 1.93. The summed E-state index contributed by atoms with van der Waals surface area (Å²) in [6.07, 6.45) is 3.56. The lowest BCUT2D eigenvalue weighted by atomic mass is 10.0. The van der Waals surface area contributed by atoms with Gasteiger partial charge in [-0.1, -0.05) is 12.2 Å². The summed E-state index contributed by atoms with van der Waals surface area (Å²) in [5, 5.41) is 4.87. The molecule has 13 nitrogen and oxygen atoms in total. The van der Waals surface area contributed by atoms with Crippen molar-refractivity contribution in [3.05, 3.63) is 48.1 Å². The highest BCUT2D eigenvalue weighted by Crippen LogP contribution is 2.27. The highest BCUT2D eigenvalue weighted by Gasteiger charge is 2.40. The Kier molecular flexibility index (Phi) is 6.98. The second-order valence-corrected chi connectivity index (χ2v) is 8.70. The molecule has 2 aliphatic rings. The van der Waals surface area contributed by atoms with Crippen LogP contribution in [0.5, 0.6) is 0 Å². The van der Waals surface area contributed by atoms with Crippen LogP contribution in [0.15, 0.2) is 58.1 Å². The zero-order chi connectivity index (χ0) is 26.1. The van der Waals surface area contributed by atoms with Gasteiger partial charge in [-0.15, -0.1) is 0 Å². The second kappa shape index (κ2) is 9.60. The lowest BCUT2D eigenvalue weighted by molar-refractivity contribution is -0.136. The Morgan fingerprint density at radius 2 is 1.66 bits per heavy atom. The quantitative estimate of drug-likeness (QED) is 0.248. The van der Waals surface area contributed by atoms with E-state index in [0.29, 0.717) is 0 Å². The number of allylic oxidation sites excluding steroid dienone is 2. The van der Waals surface area contributed by atoms with E-state index >= 15 is 0 Å². The standard InChI is InChI=1S/C21H20N4O9S/c1-4-34-20(29)16-14(6-5-7-15-17(26)23(2)21(30)24(3)18(15)27)19(28)25(22-16)12-8-10-13(11-9-12)35(31,32)33/h5-11,14H,4H2,1-3H3,(H,31,32,33)/b6-5-. The molecule has 1 atom stereocenters. The smallest absolute Gasteiger partial charge is 0.355 e. The van der Waals surface area contributed by atoms with E-state index < -0.39 is 50.7 Å². The number of ether oxygens (including phenoxy) is 1. The molecule has 0 spiro atoms. The zero-order valence-corrected chi connectivity index (χ0v) is 19.6. The van der Waals surface area contributed by atoms with Crippen LogP contribution in [0.2, 0.25) is 0 Å². The van der Waals surface area contributed by atoms with Crippen molar-refractivity contribution in [2.75, 3.05) is 25.7 Å². The van der Waals surface area contributed by atoms with Crippen LogP contribution in [-0.4, -0.2) is 78.9 Å². The minimum Gasteiger partial charge on any atom is -0.461 e. The van der Waals surface area contributed by atoms with Gasteiger partial charge in [0.2, 0.25) is 0 Å². The van der Waals surface area contributed by atoms with Gasteiger partial charge < -0.3 is 4.74 Å². The van der Waals surface area contributed by atoms with Crippen molar-refractivity contribution in [1.82, 2.24) is 9.80 Å². The Labute approximate surface area is 199 Å². The van der Waals surface area contributed by atoms with Crippen LogP contribution in [0.4, 0.5) is 10.5 Å². The Bertz CT molecular complexity index is 1290. The maximum absolute atomic E-state index is 13.0. The molecule has 0 bridgehead atoms. The number of nitrogens with zero attached hydrogens (tertiary/aromatic N) is 4. The third-order valence-corrected chi connectivity index (χ3v) is 5.92. The summed E-state index contributed by atoms with van der Waals surface area (Å²) in [5.74, 6) is -4.50. The number of barbiturate groups is 1. The third kappa shape index (κ3) is 4.88. The molecule has 184 valence electrons. The predicted molar refractivity (Wildman–Crippen MR) is 119 cm³/mol. The van der Waals surface area contributed by atoms with Crippen molar-refractivity contribution >= 4 is 51.2 Å². The average molecular weight is 504 g/mol. The first kappa shape index (κ1) is 25.5. The van der Waals surface area contributed by atoms with Gasteiger partial charge in [0.1, 0.15) is 11.5 Å². The monoisotopic (exact) mass is 504 g/mol. The number of benzene rings is 1. The van der Waals surface area contributed by atoms with Crippen molar-refractivity contribution in [3.8, 4) is 0 Å². The number of rotatable bonds is 6. The SMILES string of the molecule is CCOC(=O)C1=NN(c2ccc(S(=O)(=O)O)cc2)C(=O)C1/C=C\C=C1C(=O)N(C)C(=O)N(C)C1=O. The fourth-order valence-corrected chi connectivity index (χ4v) is 3.70. The number of amides is 5. The van der Waals surface area contributed by atoms with Crippen LogP contribution in [0.25, 0.3) is 0 Å². The van der Waals surface area contributed by atoms with Gasteiger partial charge in [-0.05, 0) is 37.3 Å². The van der Waals surface area contributed by atoms with E-state index in [2.05, 4.69) is 5.10 Å². The first-order chi connectivity index (χ1) is 16.4. The Hall–Kier alpha value is -4.17. The van der Waals surface area contributed by atoms with E-state index in [1.807, 2.05) is 0 Å². The summed E-state index contributed by atoms with van der Waals surface area (Å²) in [4.78, 5) is 63.0. The number of esters is 1. The minimum absolute atomic E-state index is 0.00525. The number of imide groups is 2. The molecular formula is C21H20N4O9S. The number of likely N-dealkylation sites (N-methyl/N-ethyl adjacent to an activating group) is 2. The molecule has 1 aromatic carbocycles. The van der Waals surface area contributed by atoms with Crippen molar-refractivity contribution < 1.29 is 41.7 Å². The summed E-state index contributed by atoms with van der Waals surface area (Å²) in [6.45, 7) is 1.57. The summed E-state index contributed by atoms with van der Waals surface area (Å²) in [5.41, 5.74) is -0.502. The van der Waals surface area contributed by atoms with Crippen LogP contribution in [0, 0.1) is 5.92 Å². The number of hydrogen-bond donors (Lipinski definition) is 1. The molecule has 1 saturated heterocycles. The van der Waals surface area contributed by atoms with E-state index in [4.69, 9.17) is 9.29 Å². The largest absolute Gasteiger partial charge is 0.461 e. The normalized spacial score (nSPS) is 19.1. The molecule has 2 heterocycles. The highest BCUT2D eigenvalue weighted by atomic mass is 32.2. The molecule has 14 heteroatoms. The van der Waals surface area contributed by atoms with Crippen molar-refractivity contribution in [2.45, 2.75) is 11.8 Å². The number of urea groups is 1. The molecule has 1 N–H and O–H groups in total. The molecule has 0 saturated carbocycles. The lowest BCUT2D eigenvalue weighted by Gasteiger charge is -2.28. The van der Waals surface area contributed by atoms with E-state index in [1.165, 1.54) is 38.4 Å². The van der Waals surface area contributed by atoms with Crippen LogP contribution in [-0.2, 0) is 34.0 Å². The molecular weight excluding hydrogens is 484 g/mol. The summed E-state index contributed by atoms with van der Waals surface area (Å²) >= 11 is 0. The van der Waals surface area contributed by atoms with Gasteiger partial charge in [0.25, 0.3) is 27.8 Å². The summed E-state index contributed by atoms with van der Waals surface area (Å²) in [6, 6.07) is 3.74. The molecule has 0 aromatic heterocycles. The maximum Gasteiger partial charge on any atom is 0.355 e. The number of anilines is 1. The molecule has 2 aliphatic heterocycles. The van der Waals surface area contributed by atoms with E-state index in [9.17, 15) is 32.4 Å². The molecule has 35 heavy (non-hydrogen) atoms. The number of carbonyl (C=O) groups excluding carboxylic acids is 5. The summed E-state index contributed by atoms with van der Waals surface area (Å²) in [7, 11) is -2.03. The minimum atomic E-state index is -4.46. The van der Waals surface area contributed by atoms with Gasteiger partial charge in [0, 0.05) is 14.1 Å². The summed E-state index contributed by atoms with van der Waals surface area (Å²) < 4.78 is 36.6. The van der Waals surface area contributed by atoms with Gasteiger partial charge in [-0.2, -0.15) is 18.5 Å². The fraction of sp³-hybridized carbons (Fsp3) is 0.238. The molecule has 1 aromatic rings. The van der Waals surface area contributed by atoms with E-state index in [-0.39, 0.29) is 23.6 Å². The average Bonchev–Trinajstić information content (AvgIpc) is 3.14. The van der Waals surface area contributed by atoms with Gasteiger partial charge in [-0.3, -0.25) is 28.7 Å². The van der Waals surface area contributed by atoms with Gasteiger partial charge >= 0.3 is 12.0 Å².